The molecular weight excluding hydrogens is 382 g/mol. The van der Waals surface area contributed by atoms with Crippen molar-refractivity contribution in [2.75, 3.05) is 13.2 Å². The molecule has 30 heavy (non-hydrogen) atoms. The zero-order valence-corrected chi connectivity index (χ0v) is 17.4. The highest BCUT2D eigenvalue weighted by atomic mass is 19.2. The van der Waals surface area contributed by atoms with Crippen LogP contribution in [0.5, 0.6) is 0 Å². The van der Waals surface area contributed by atoms with Crippen LogP contribution < -0.4 is 0 Å². The Morgan fingerprint density at radius 1 is 0.867 bits per heavy atom. The highest BCUT2D eigenvalue weighted by Gasteiger charge is 2.32. The molecular formula is C26H30F2O2. The fraction of sp³-hybridized carbons (Fsp3) is 0.462. The second kappa shape index (κ2) is 9.84. The molecule has 0 amide bonds. The first-order valence-corrected chi connectivity index (χ1v) is 11.0. The van der Waals surface area contributed by atoms with Gasteiger partial charge in [-0.2, -0.15) is 0 Å². The van der Waals surface area contributed by atoms with Crippen LogP contribution in [0.4, 0.5) is 8.78 Å². The SMILES string of the molecule is C=CCC[C@H]1CO[C@H]([C@H]2CC[C@H](c3ccc(-c4ccc(F)c(F)c4)cc3)CC2)OC1. The fourth-order valence-electron chi connectivity index (χ4n) is 4.70. The first-order valence-electron chi connectivity index (χ1n) is 11.0. The average molecular weight is 413 g/mol. The minimum Gasteiger partial charge on any atom is -0.352 e. The van der Waals surface area contributed by atoms with Gasteiger partial charge in [0.15, 0.2) is 17.9 Å². The van der Waals surface area contributed by atoms with Gasteiger partial charge >= 0.3 is 0 Å². The molecule has 1 saturated carbocycles. The number of halogens is 2. The number of benzene rings is 2. The lowest BCUT2D eigenvalue weighted by Gasteiger charge is -2.37. The second-order valence-electron chi connectivity index (χ2n) is 8.63. The summed E-state index contributed by atoms with van der Waals surface area (Å²) in [4.78, 5) is 0. The molecule has 0 radical (unpaired) electrons. The number of ether oxygens (including phenoxy) is 2. The third kappa shape index (κ3) is 4.98. The fourth-order valence-corrected chi connectivity index (χ4v) is 4.70. The van der Waals surface area contributed by atoms with E-state index in [0.29, 0.717) is 23.3 Å². The minimum absolute atomic E-state index is 0.0540. The molecule has 4 rings (SSSR count). The summed E-state index contributed by atoms with van der Waals surface area (Å²) >= 11 is 0. The number of hydrogen-bond acceptors (Lipinski definition) is 2. The van der Waals surface area contributed by atoms with Crippen molar-refractivity contribution in [1.82, 2.24) is 0 Å². The molecule has 0 aromatic heterocycles. The van der Waals surface area contributed by atoms with Crippen LogP contribution in [-0.4, -0.2) is 19.5 Å². The normalized spacial score (nSPS) is 27.0. The van der Waals surface area contributed by atoms with Crippen LogP contribution >= 0.6 is 0 Å². The summed E-state index contributed by atoms with van der Waals surface area (Å²) in [7, 11) is 0. The maximum atomic E-state index is 13.5. The number of allylic oxidation sites excluding steroid dienone is 1. The van der Waals surface area contributed by atoms with Crippen molar-refractivity contribution in [1.29, 1.82) is 0 Å². The van der Waals surface area contributed by atoms with Gasteiger partial charge in [0.25, 0.3) is 0 Å². The Kier molecular flexibility index (Phi) is 6.96. The molecule has 2 aromatic rings. The summed E-state index contributed by atoms with van der Waals surface area (Å²) < 4.78 is 38.7. The van der Waals surface area contributed by atoms with Crippen molar-refractivity contribution in [3.05, 3.63) is 72.3 Å². The van der Waals surface area contributed by atoms with Gasteiger partial charge in [-0.1, -0.05) is 36.4 Å². The largest absolute Gasteiger partial charge is 0.352 e. The Hall–Kier alpha value is -2.04. The van der Waals surface area contributed by atoms with Gasteiger partial charge in [0.1, 0.15) is 0 Å². The van der Waals surface area contributed by atoms with Gasteiger partial charge < -0.3 is 9.47 Å². The van der Waals surface area contributed by atoms with Crippen molar-refractivity contribution < 1.29 is 18.3 Å². The molecule has 1 aliphatic heterocycles. The Balaban J connectivity index is 1.29. The zero-order chi connectivity index (χ0) is 20.9. The van der Waals surface area contributed by atoms with Gasteiger partial charge in [-0.05, 0) is 73.3 Å². The second-order valence-corrected chi connectivity index (χ2v) is 8.63. The number of rotatable bonds is 6. The summed E-state index contributed by atoms with van der Waals surface area (Å²) in [6, 6.07) is 12.3. The first kappa shape index (κ1) is 21.2. The molecule has 0 N–H and O–H groups in total. The topological polar surface area (TPSA) is 18.5 Å². The predicted molar refractivity (Wildman–Crippen MR) is 115 cm³/mol. The quantitative estimate of drug-likeness (QED) is 0.483. The Morgan fingerprint density at radius 2 is 1.53 bits per heavy atom. The van der Waals surface area contributed by atoms with Gasteiger partial charge in [0, 0.05) is 11.8 Å². The minimum atomic E-state index is -0.815. The molecule has 1 heterocycles. The van der Waals surface area contributed by atoms with Gasteiger partial charge in [-0.15, -0.1) is 6.58 Å². The van der Waals surface area contributed by atoms with Crippen molar-refractivity contribution >= 4 is 0 Å². The maximum absolute atomic E-state index is 13.5. The lowest BCUT2D eigenvalue weighted by Crippen LogP contribution is -2.38. The summed E-state index contributed by atoms with van der Waals surface area (Å²) in [6.07, 6.45) is 8.47. The van der Waals surface area contributed by atoms with E-state index in [2.05, 4.69) is 18.7 Å². The predicted octanol–water partition coefficient (Wildman–Crippen LogP) is 6.86. The summed E-state index contributed by atoms with van der Waals surface area (Å²) in [5.74, 6) is -0.129. The first-order chi connectivity index (χ1) is 14.6. The molecule has 2 aliphatic rings. The molecule has 160 valence electrons. The van der Waals surface area contributed by atoms with Crippen LogP contribution in [0.2, 0.25) is 0 Å². The van der Waals surface area contributed by atoms with E-state index in [-0.39, 0.29) is 6.29 Å². The van der Waals surface area contributed by atoms with E-state index in [1.165, 1.54) is 17.7 Å². The van der Waals surface area contributed by atoms with E-state index in [1.54, 1.807) is 6.07 Å². The smallest absolute Gasteiger partial charge is 0.160 e. The van der Waals surface area contributed by atoms with Gasteiger partial charge in [-0.25, -0.2) is 8.78 Å². The third-order valence-corrected chi connectivity index (χ3v) is 6.56. The van der Waals surface area contributed by atoms with E-state index in [1.807, 2.05) is 18.2 Å². The standard InChI is InChI=1S/C26H30F2O2/c1-2-3-4-18-16-29-26(30-17-18)22-11-9-20(10-12-22)19-5-7-21(8-6-19)23-13-14-24(27)25(28)15-23/h2,5-8,13-15,18,20,22,26H,1,3-4,9-12,16-17H2/t18-,20-,22-,26-. The van der Waals surface area contributed by atoms with Crippen LogP contribution in [-0.2, 0) is 9.47 Å². The molecule has 1 saturated heterocycles. The van der Waals surface area contributed by atoms with Crippen molar-refractivity contribution in [3.63, 3.8) is 0 Å². The summed E-state index contributed by atoms with van der Waals surface area (Å²) in [5, 5.41) is 0. The molecule has 0 spiro atoms. The van der Waals surface area contributed by atoms with Crippen molar-refractivity contribution in [2.45, 2.75) is 50.7 Å². The Bertz CT molecular complexity index is 833. The number of hydrogen-bond donors (Lipinski definition) is 0. The van der Waals surface area contributed by atoms with Crippen molar-refractivity contribution in [3.8, 4) is 11.1 Å². The molecule has 2 fully saturated rings. The average Bonchev–Trinajstić information content (AvgIpc) is 2.80. The highest BCUT2D eigenvalue weighted by molar-refractivity contribution is 5.63. The van der Waals surface area contributed by atoms with Crippen LogP contribution in [0.25, 0.3) is 11.1 Å². The summed E-state index contributed by atoms with van der Waals surface area (Å²) in [6.45, 7) is 5.37. The van der Waals surface area contributed by atoms with E-state index >= 15 is 0 Å². The van der Waals surface area contributed by atoms with Crippen LogP contribution in [0.3, 0.4) is 0 Å². The Labute approximate surface area is 177 Å². The van der Waals surface area contributed by atoms with Gasteiger partial charge in [0.05, 0.1) is 13.2 Å². The van der Waals surface area contributed by atoms with E-state index in [0.717, 1.165) is 57.3 Å². The monoisotopic (exact) mass is 412 g/mol. The van der Waals surface area contributed by atoms with Crippen LogP contribution in [0, 0.1) is 23.5 Å². The molecule has 4 heteroatoms. The lowest BCUT2D eigenvalue weighted by molar-refractivity contribution is -0.229. The van der Waals surface area contributed by atoms with Crippen molar-refractivity contribution in [2.24, 2.45) is 11.8 Å². The van der Waals surface area contributed by atoms with Crippen LogP contribution in [0.1, 0.15) is 50.0 Å². The molecule has 2 aromatic carbocycles. The van der Waals surface area contributed by atoms with Gasteiger partial charge in [-0.3, -0.25) is 0 Å². The molecule has 2 nitrogen and oxygen atoms in total. The molecule has 1 aliphatic carbocycles. The Morgan fingerprint density at radius 3 is 2.17 bits per heavy atom. The van der Waals surface area contributed by atoms with E-state index in [9.17, 15) is 8.78 Å². The molecule has 0 bridgehead atoms. The zero-order valence-electron chi connectivity index (χ0n) is 17.4. The lowest BCUT2D eigenvalue weighted by atomic mass is 9.78. The van der Waals surface area contributed by atoms with E-state index < -0.39 is 11.6 Å². The van der Waals surface area contributed by atoms with Gasteiger partial charge in [0.2, 0.25) is 0 Å². The summed E-state index contributed by atoms with van der Waals surface area (Å²) in [5.41, 5.74) is 2.92. The third-order valence-electron chi connectivity index (χ3n) is 6.56. The van der Waals surface area contributed by atoms with E-state index in [4.69, 9.17) is 9.47 Å². The van der Waals surface area contributed by atoms with Crippen LogP contribution in [0.15, 0.2) is 55.1 Å². The molecule has 0 unspecified atom stereocenters. The maximum Gasteiger partial charge on any atom is 0.160 e. The highest BCUT2D eigenvalue weighted by Crippen LogP contribution is 2.39. The molecule has 0 atom stereocenters.